The van der Waals surface area contributed by atoms with Crippen molar-refractivity contribution in [2.45, 2.75) is 0 Å². The van der Waals surface area contributed by atoms with Crippen LogP contribution in [0, 0.1) is 11.3 Å². The van der Waals surface area contributed by atoms with Crippen molar-refractivity contribution in [2.24, 2.45) is 0 Å². The number of nitrogens with zero attached hydrogens (tertiary/aromatic N) is 4. The molecule has 5 heteroatoms. The summed E-state index contributed by atoms with van der Waals surface area (Å²) in [4.78, 5) is 10.2. The largest absolute Gasteiger partial charge is 0.456 e. The number of aromatic nitrogens is 3. The Morgan fingerprint density at radius 3 is 1.73 bits per heavy atom. The quantitative estimate of drug-likeness (QED) is 0.184. The van der Waals surface area contributed by atoms with Gasteiger partial charge in [-0.1, -0.05) is 97.1 Å². The summed E-state index contributed by atoms with van der Waals surface area (Å²) in [5.41, 5.74) is 12.5. The number of rotatable bonds is 5. The highest BCUT2D eigenvalue weighted by Gasteiger charge is 2.17. The van der Waals surface area contributed by atoms with Crippen LogP contribution in [-0.2, 0) is 0 Å². The predicted octanol–water partition coefficient (Wildman–Crippen LogP) is 12.0. The molecule has 0 atom stereocenters. The van der Waals surface area contributed by atoms with E-state index in [0.717, 1.165) is 88.6 Å². The van der Waals surface area contributed by atoms with Crippen LogP contribution in [0.3, 0.4) is 0 Å². The molecule has 0 saturated heterocycles. The standard InChI is InChI=1S/C47H28N4O/c48-29-30-15-17-31(18-16-30)34-20-23-45-39(25-34)40-27-36(21-24-46(40)52-45)51-43-14-8-7-13-37(43)38-26-35(19-22-44(38)51)47-49-41(32-9-3-1-4-10-32)28-42(50-47)33-11-5-2-6-12-33/h1-28H. The van der Waals surface area contributed by atoms with E-state index in [0.29, 0.717) is 11.4 Å². The highest BCUT2D eigenvalue weighted by molar-refractivity contribution is 6.11. The molecule has 0 aliphatic rings. The molecule has 10 rings (SSSR count). The fourth-order valence-electron chi connectivity index (χ4n) is 7.30. The van der Waals surface area contributed by atoms with Crippen LogP contribution in [0.1, 0.15) is 5.56 Å². The highest BCUT2D eigenvalue weighted by atomic mass is 16.3. The van der Waals surface area contributed by atoms with Gasteiger partial charge in [0.2, 0.25) is 0 Å². The second-order valence-corrected chi connectivity index (χ2v) is 13.0. The molecule has 0 aliphatic heterocycles. The minimum Gasteiger partial charge on any atom is -0.456 e. The zero-order valence-electron chi connectivity index (χ0n) is 27.9. The van der Waals surface area contributed by atoms with Crippen LogP contribution in [0.5, 0.6) is 0 Å². The first-order chi connectivity index (χ1) is 25.7. The third-order valence-electron chi connectivity index (χ3n) is 9.85. The van der Waals surface area contributed by atoms with Crippen LogP contribution in [0.4, 0.5) is 0 Å². The molecule has 0 fully saturated rings. The third-order valence-corrected chi connectivity index (χ3v) is 9.85. The SMILES string of the molecule is N#Cc1ccc(-c2ccc3oc4ccc(-n5c6ccccc6c6cc(-c7nc(-c8ccccc8)cc(-c8ccccc8)n7)ccc65)cc4c3c2)cc1. The van der Waals surface area contributed by atoms with Crippen molar-refractivity contribution < 1.29 is 4.42 Å². The highest BCUT2D eigenvalue weighted by Crippen LogP contribution is 2.38. The van der Waals surface area contributed by atoms with Gasteiger partial charge in [0.25, 0.3) is 0 Å². The lowest BCUT2D eigenvalue weighted by Gasteiger charge is -2.10. The molecule has 0 saturated carbocycles. The van der Waals surface area contributed by atoms with Crippen molar-refractivity contribution in [1.29, 1.82) is 5.26 Å². The number of nitriles is 1. The van der Waals surface area contributed by atoms with Crippen LogP contribution in [-0.4, -0.2) is 14.5 Å². The smallest absolute Gasteiger partial charge is 0.160 e. The summed E-state index contributed by atoms with van der Waals surface area (Å²) in [6, 6.07) is 60.3. The monoisotopic (exact) mass is 664 g/mol. The number of para-hydroxylation sites is 1. The van der Waals surface area contributed by atoms with Gasteiger partial charge < -0.3 is 8.98 Å². The Hall–Kier alpha value is -7.29. The number of furan rings is 1. The summed E-state index contributed by atoms with van der Waals surface area (Å²) >= 11 is 0. The summed E-state index contributed by atoms with van der Waals surface area (Å²) < 4.78 is 8.64. The molecular weight excluding hydrogens is 637 g/mol. The van der Waals surface area contributed by atoms with Gasteiger partial charge in [-0.2, -0.15) is 5.26 Å². The maximum Gasteiger partial charge on any atom is 0.160 e. The molecule has 0 unspecified atom stereocenters. The van der Waals surface area contributed by atoms with Crippen molar-refractivity contribution >= 4 is 43.7 Å². The van der Waals surface area contributed by atoms with E-state index in [1.807, 2.05) is 66.7 Å². The molecule has 0 spiro atoms. The summed E-state index contributed by atoms with van der Waals surface area (Å²) in [5.74, 6) is 0.684. The van der Waals surface area contributed by atoms with E-state index in [2.05, 4.69) is 114 Å². The second kappa shape index (κ2) is 11.9. The normalized spacial score (nSPS) is 11.4. The molecule has 242 valence electrons. The summed E-state index contributed by atoms with van der Waals surface area (Å²) in [6.07, 6.45) is 0. The minimum absolute atomic E-state index is 0.645. The van der Waals surface area contributed by atoms with Crippen LogP contribution in [0.15, 0.2) is 174 Å². The molecule has 5 nitrogen and oxygen atoms in total. The van der Waals surface area contributed by atoms with E-state index < -0.39 is 0 Å². The van der Waals surface area contributed by atoms with E-state index in [9.17, 15) is 5.26 Å². The van der Waals surface area contributed by atoms with Crippen molar-refractivity contribution in [3.05, 3.63) is 175 Å². The van der Waals surface area contributed by atoms with E-state index in [1.165, 1.54) is 0 Å². The first-order valence-corrected chi connectivity index (χ1v) is 17.2. The van der Waals surface area contributed by atoms with E-state index >= 15 is 0 Å². The van der Waals surface area contributed by atoms with Gasteiger partial charge in [0.05, 0.1) is 34.1 Å². The Morgan fingerprint density at radius 2 is 1.02 bits per heavy atom. The molecule has 0 aliphatic carbocycles. The zero-order valence-corrected chi connectivity index (χ0v) is 27.9. The van der Waals surface area contributed by atoms with Gasteiger partial charge in [0.15, 0.2) is 5.82 Å². The summed E-state index contributed by atoms with van der Waals surface area (Å²) in [5, 5.41) is 13.6. The zero-order chi connectivity index (χ0) is 34.6. The summed E-state index contributed by atoms with van der Waals surface area (Å²) in [7, 11) is 0. The van der Waals surface area contributed by atoms with Crippen molar-refractivity contribution in [3.63, 3.8) is 0 Å². The van der Waals surface area contributed by atoms with Gasteiger partial charge in [-0.3, -0.25) is 0 Å². The molecule has 52 heavy (non-hydrogen) atoms. The van der Waals surface area contributed by atoms with Gasteiger partial charge in [0, 0.05) is 43.9 Å². The van der Waals surface area contributed by atoms with Crippen LogP contribution in [0.25, 0.3) is 94.5 Å². The number of fused-ring (bicyclic) bond motifs is 6. The van der Waals surface area contributed by atoms with Crippen molar-refractivity contribution in [3.8, 4) is 56.8 Å². The van der Waals surface area contributed by atoms with Crippen LogP contribution < -0.4 is 0 Å². The maximum absolute atomic E-state index is 9.26. The molecule has 0 amide bonds. The number of hydrogen-bond donors (Lipinski definition) is 0. The van der Waals surface area contributed by atoms with E-state index in [1.54, 1.807) is 0 Å². The second-order valence-electron chi connectivity index (χ2n) is 13.0. The van der Waals surface area contributed by atoms with E-state index in [4.69, 9.17) is 14.4 Å². The van der Waals surface area contributed by atoms with Crippen molar-refractivity contribution in [1.82, 2.24) is 14.5 Å². The van der Waals surface area contributed by atoms with Gasteiger partial charge >= 0.3 is 0 Å². The van der Waals surface area contributed by atoms with Crippen LogP contribution >= 0.6 is 0 Å². The van der Waals surface area contributed by atoms with E-state index in [-0.39, 0.29) is 0 Å². The lowest BCUT2D eigenvalue weighted by atomic mass is 10.0. The molecule has 0 radical (unpaired) electrons. The molecule has 0 bridgehead atoms. The molecule has 3 heterocycles. The first kappa shape index (κ1) is 29.6. The average Bonchev–Trinajstić information content (AvgIpc) is 3.76. The van der Waals surface area contributed by atoms with Gasteiger partial charge in [-0.05, 0) is 83.9 Å². The Balaban J connectivity index is 1.13. The fourth-order valence-corrected chi connectivity index (χ4v) is 7.30. The van der Waals surface area contributed by atoms with Gasteiger partial charge in [-0.25, -0.2) is 9.97 Å². The first-order valence-electron chi connectivity index (χ1n) is 17.2. The number of hydrogen-bond acceptors (Lipinski definition) is 4. The lowest BCUT2D eigenvalue weighted by Crippen LogP contribution is -1.96. The third kappa shape index (κ3) is 4.93. The molecule has 7 aromatic carbocycles. The van der Waals surface area contributed by atoms with Crippen LogP contribution in [0.2, 0.25) is 0 Å². The minimum atomic E-state index is 0.645. The molecule has 10 aromatic rings. The molecule has 3 aromatic heterocycles. The fraction of sp³-hybridized carbons (Fsp3) is 0. The van der Waals surface area contributed by atoms with Gasteiger partial charge in [-0.15, -0.1) is 0 Å². The van der Waals surface area contributed by atoms with Gasteiger partial charge in [0.1, 0.15) is 11.2 Å². The number of benzene rings is 7. The Kier molecular flexibility index (Phi) is 6.80. The molecular formula is C47H28N4O. The Morgan fingerprint density at radius 1 is 0.442 bits per heavy atom. The Labute approximate surface area is 299 Å². The lowest BCUT2D eigenvalue weighted by molar-refractivity contribution is 0.669. The molecule has 0 N–H and O–H groups in total. The summed E-state index contributed by atoms with van der Waals surface area (Å²) in [6.45, 7) is 0. The Bertz CT molecular complexity index is 2950. The predicted molar refractivity (Wildman–Crippen MR) is 210 cm³/mol. The van der Waals surface area contributed by atoms with Crippen molar-refractivity contribution in [2.75, 3.05) is 0 Å². The topological polar surface area (TPSA) is 67.6 Å². The average molecular weight is 665 g/mol. The maximum atomic E-state index is 9.26.